The van der Waals surface area contributed by atoms with Crippen LogP contribution in [0, 0.1) is 0 Å². The van der Waals surface area contributed by atoms with Crippen LogP contribution in [0.5, 0.6) is 0 Å². The van der Waals surface area contributed by atoms with Crippen LogP contribution >= 0.6 is 0 Å². The highest BCUT2D eigenvalue weighted by atomic mass is 16.5. The molecule has 0 aromatic rings. The summed E-state index contributed by atoms with van der Waals surface area (Å²) in [5.41, 5.74) is 5.27. The third-order valence-electron chi connectivity index (χ3n) is 2.88. The maximum Gasteiger partial charge on any atom is 0.326 e. The second kappa shape index (κ2) is 4.75. The second-order valence-corrected chi connectivity index (χ2v) is 3.81. The maximum absolute atomic E-state index is 11.5. The Balaban J connectivity index is 2.48. The second-order valence-electron chi connectivity index (χ2n) is 3.81. The zero-order chi connectivity index (χ0) is 10.6. The average molecular weight is 200 g/mol. The number of carbonyl (C=O) groups is 1. The minimum atomic E-state index is -0.734. The normalized spacial score (nSPS) is 21.9. The van der Waals surface area contributed by atoms with Crippen LogP contribution in [-0.4, -0.2) is 42.6 Å². The Bertz CT molecular complexity index is 198. The van der Waals surface area contributed by atoms with Crippen molar-refractivity contribution in [3.63, 3.8) is 0 Å². The highest BCUT2D eigenvalue weighted by Gasteiger charge is 2.38. The van der Waals surface area contributed by atoms with Gasteiger partial charge in [0.05, 0.1) is 6.61 Å². The van der Waals surface area contributed by atoms with E-state index in [1.807, 2.05) is 6.92 Å². The van der Waals surface area contributed by atoms with E-state index in [4.69, 9.17) is 10.5 Å². The third-order valence-corrected chi connectivity index (χ3v) is 2.88. The summed E-state index contributed by atoms with van der Waals surface area (Å²) in [6.07, 6.45) is 1.42. The number of hydrogen-bond acceptors (Lipinski definition) is 4. The molecule has 14 heavy (non-hydrogen) atoms. The summed E-state index contributed by atoms with van der Waals surface area (Å²) in [5.74, 6) is -0.240. The molecule has 0 spiro atoms. The van der Waals surface area contributed by atoms with Crippen LogP contribution in [0.1, 0.15) is 26.7 Å². The van der Waals surface area contributed by atoms with Crippen LogP contribution in [0.15, 0.2) is 0 Å². The van der Waals surface area contributed by atoms with Gasteiger partial charge in [-0.15, -0.1) is 0 Å². The van der Waals surface area contributed by atoms with E-state index in [0.29, 0.717) is 19.4 Å². The number of ether oxygens (including phenoxy) is 1. The van der Waals surface area contributed by atoms with Crippen LogP contribution in [0.25, 0.3) is 0 Å². The number of carbonyl (C=O) groups excluding carboxylic acids is 1. The number of nitrogens with two attached hydrogens (primary N) is 1. The number of hydrogen-bond donors (Lipinski definition) is 1. The fourth-order valence-electron chi connectivity index (χ4n) is 1.75. The van der Waals surface area contributed by atoms with E-state index in [1.54, 1.807) is 0 Å². The summed E-state index contributed by atoms with van der Waals surface area (Å²) in [6.45, 7) is 7.15. The molecule has 0 amide bonds. The number of piperidine rings is 1. The van der Waals surface area contributed by atoms with E-state index in [0.717, 1.165) is 19.6 Å². The molecule has 4 nitrogen and oxygen atoms in total. The van der Waals surface area contributed by atoms with E-state index >= 15 is 0 Å². The predicted molar refractivity (Wildman–Crippen MR) is 54.9 cm³/mol. The van der Waals surface area contributed by atoms with Gasteiger partial charge in [-0.2, -0.15) is 0 Å². The van der Waals surface area contributed by atoms with Crippen LogP contribution in [0.4, 0.5) is 0 Å². The molecule has 82 valence electrons. The molecule has 1 saturated heterocycles. The summed E-state index contributed by atoms with van der Waals surface area (Å²) < 4.78 is 4.97. The lowest BCUT2D eigenvalue weighted by Crippen LogP contribution is -2.56. The average Bonchev–Trinajstić information content (AvgIpc) is 2.19. The quantitative estimate of drug-likeness (QED) is 0.668. The van der Waals surface area contributed by atoms with Crippen LogP contribution in [0.2, 0.25) is 0 Å². The SMILES string of the molecule is CCOC(=O)C1(N)CCN(CC)CC1. The zero-order valence-corrected chi connectivity index (χ0v) is 9.08. The smallest absolute Gasteiger partial charge is 0.326 e. The molecule has 1 heterocycles. The van der Waals surface area contributed by atoms with E-state index in [9.17, 15) is 4.79 Å². The number of rotatable bonds is 3. The van der Waals surface area contributed by atoms with E-state index in [-0.39, 0.29) is 5.97 Å². The number of esters is 1. The molecule has 1 fully saturated rings. The first-order valence-electron chi connectivity index (χ1n) is 5.31. The van der Waals surface area contributed by atoms with Crippen molar-refractivity contribution in [2.24, 2.45) is 5.73 Å². The molecule has 0 radical (unpaired) electrons. The molecule has 0 bridgehead atoms. The Morgan fingerprint density at radius 1 is 1.43 bits per heavy atom. The van der Waals surface area contributed by atoms with E-state index < -0.39 is 5.54 Å². The minimum absolute atomic E-state index is 0.240. The predicted octanol–water partition coefficient (Wildman–Crippen LogP) is 0.363. The van der Waals surface area contributed by atoms with Gasteiger partial charge < -0.3 is 15.4 Å². The van der Waals surface area contributed by atoms with Gasteiger partial charge in [0.15, 0.2) is 0 Å². The fourth-order valence-corrected chi connectivity index (χ4v) is 1.75. The Morgan fingerprint density at radius 2 is 2.00 bits per heavy atom. The molecule has 2 N–H and O–H groups in total. The van der Waals surface area contributed by atoms with Crippen LogP contribution < -0.4 is 5.73 Å². The standard InChI is InChI=1S/C10H20N2O2/c1-3-12-7-5-10(11,6-8-12)9(13)14-4-2/h3-8,11H2,1-2H3. The first kappa shape index (κ1) is 11.5. The zero-order valence-electron chi connectivity index (χ0n) is 9.08. The summed E-state index contributed by atoms with van der Waals surface area (Å²) in [5, 5.41) is 0. The molecule has 0 aliphatic carbocycles. The van der Waals surface area contributed by atoms with Crippen molar-refractivity contribution in [1.82, 2.24) is 4.90 Å². The minimum Gasteiger partial charge on any atom is -0.465 e. The first-order valence-corrected chi connectivity index (χ1v) is 5.31. The molecule has 0 saturated carbocycles. The van der Waals surface area contributed by atoms with Crippen LogP contribution in [-0.2, 0) is 9.53 Å². The van der Waals surface area contributed by atoms with Gasteiger partial charge in [0.1, 0.15) is 5.54 Å². The van der Waals surface area contributed by atoms with Gasteiger partial charge in [-0.1, -0.05) is 6.92 Å². The largest absolute Gasteiger partial charge is 0.465 e. The lowest BCUT2D eigenvalue weighted by atomic mass is 9.89. The molecular formula is C10H20N2O2. The Morgan fingerprint density at radius 3 is 2.43 bits per heavy atom. The molecule has 1 aliphatic rings. The molecule has 0 aromatic heterocycles. The number of likely N-dealkylation sites (tertiary alicyclic amines) is 1. The van der Waals surface area contributed by atoms with E-state index in [2.05, 4.69) is 11.8 Å². The summed E-state index contributed by atoms with van der Waals surface area (Å²) in [4.78, 5) is 13.8. The summed E-state index contributed by atoms with van der Waals surface area (Å²) in [6, 6.07) is 0. The van der Waals surface area contributed by atoms with Crippen molar-refractivity contribution in [1.29, 1.82) is 0 Å². The Hall–Kier alpha value is -0.610. The molecule has 0 unspecified atom stereocenters. The molecule has 0 aromatic carbocycles. The molecule has 1 rings (SSSR count). The lowest BCUT2D eigenvalue weighted by molar-refractivity contribution is -0.151. The van der Waals surface area contributed by atoms with Gasteiger partial charge in [-0.3, -0.25) is 4.79 Å². The van der Waals surface area contributed by atoms with Gasteiger partial charge in [-0.05, 0) is 26.3 Å². The van der Waals surface area contributed by atoms with Crippen molar-refractivity contribution in [2.75, 3.05) is 26.2 Å². The topological polar surface area (TPSA) is 55.6 Å². The van der Waals surface area contributed by atoms with Gasteiger partial charge in [0.25, 0.3) is 0 Å². The summed E-state index contributed by atoms with van der Waals surface area (Å²) in [7, 11) is 0. The van der Waals surface area contributed by atoms with Crippen LogP contribution in [0.3, 0.4) is 0 Å². The van der Waals surface area contributed by atoms with Crippen molar-refractivity contribution in [3.05, 3.63) is 0 Å². The highest BCUT2D eigenvalue weighted by molar-refractivity contribution is 5.80. The van der Waals surface area contributed by atoms with Gasteiger partial charge >= 0.3 is 5.97 Å². The molecule has 0 atom stereocenters. The Labute approximate surface area is 85.4 Å². The van der Waals surface area contributed by atoms with Crippen molar-refractivity contribution >= 4 is 5.97 Å². The van der Waals surface area contributed by atoms with Gasteiger partial charge in [0.2, 0.25) is 0 Å². The first-order chi connectivity index (χ1) is 6.62. The molecule has 4 heteroatoms. The summed E-state index contributed by atoms with van der Waals surface area (Å²) >= 11 is 0. The Kier molecular flexibility index (Phi) is 3.89. The fraction of sp³-hybridized carbons (Fsp3) is 0.900. The monoisotopic (exact) mass is 200 g/mol. The van der Waals surface area contributed by atoms with Crippen molar-refractivity contribution < 1.29 is 9.53 Å². The van der Waals surface area contributed by atoms with Gasteiger partial charge in [-0.25, -0.2) is 0 Å². The molecular weight excluding hydrogens is 180 g/mol. The molecule has 1 aliphatic heterocycles. The van der Waals surface area contributed by atoms with Gasteiger partial charge in [0, 0.05) is 13.1 Å². The third kappa shape index (κ3) is 2.45. The van der Waals surface area contributed by atoms with E-state index in [1.165, 1.54) is 0 Å². The maximum atomic E-state index is 11.5. The lowest BCUT2D eigenvalue weighted by Gasteiger charge is -2.36. The van der Waals surface area contributed by atoms with Crippen molar-refractivity contribution in [2.45, 2.75) is 32.2 Å². The number of nitrogens with zero attached hydrogens (tertiary/aromatic N) is 1. The highest BCUT2D eigenvalue weighted by Crippen LogP contribution is 2.20. The van der Waals surface area contributed by atoms with Crippen molar-refractivity contribution in [3.8, 4) is 0 Å².